The molecule has 1 aromatic heterocycles. The number of fused-ring (bicyclic) bond motifs is 1. The Hall–Kier alpha value is -4.29. The topological polar surface area (TPSA) is 134 Å². The maximum atomic E-state index is 12.6. The molecule has 0 saturated carbocycles. The van der Waals surface area contributed by atoms with Crippen LogP contribution in [0.1, 0.15) is 15.9 Å². The van der Waals surface area contributed by atoms with Crippen LogP contribution in [-0.2, 0) is 16.1 Å². The number of amides is 2. The van der Waals surface area contributed by atoms with Crippen LogP contribution in [0.15, 0.2) is 42.5 Å². The zero-order valence-electron chi connectivity index (χ0n) is 20.8. The predicted octanol–water partition coefficient (Wildman–Crippen LogP) is 2.10. The van der Waals surface area contributed by atoms with Gasteiger partial charge in [0.15, 0.2) is 5.82 Å². The Morgan fingerprint density at radius 2 is 1.50 bits per heavy atom. The van der Waals surface area contributed by atoms with E-state index in [1.807, 2.05) is 24.3 Å². The molecule has 12 nitrogen and oxygen atoms in total. The Bertz CT molecular complexity index is 1300. The minimum Gasteiger partial charge on any atom is -0.457 e. The van der Waals surface area contributed by atoms with E-state index in [2.05, 4.69) is 25.8 Å². The Balaban J connectivity index is 1.18. The fourth-order valence-electron chi connectivity index (χ4n) is 4.60. The molecule has 38 heavy (non-hydrogen) atoms. The largest absolute Gasteiger partial charge is 0.457 e. The van der Waals surface area contributed by atoms with Crippen LogP contribution in [-0.4, -0.2) is 79.4 Å². The lowest BCUT2D eigenvalue weighted by Gasteiger charge is -2.30. The minimum atomic E-state index is -0.390. The number of nitrogens with zero attached hydrogens (tertiary/aromatic N) is 5. The van der Waals surface area contributed by atoms with Crippen molar-refractivity contribution in [3.63, 3.8) is 0 Å². The molecule has 0 unspecified atom stereocenters. The lowest BCUT2D eigenvalue weighted by Crippen LogP contribution is -2.44. The number of morpholine rings is 1. The molecule has 12 heteroatoms. The van der Waals surface area contributed by atoms with E-state index in [0.717, 1.165) is 50.4 Å². The van der Waals surface area contributed by atoms with Crippen molar-refractivity contribution in [1.29, 1.82) is 0 Å². The number of hydrogen-bond donors (Lipinski definition) is 3. The highest BCUT2D eigenvalue weighted by Crippen LogP contribution is 2.25. The van der Waals surface area contributed by atoms with Crippen LogP contribution in [0.5, 0.6) is 0 Å². The van der Waals surface area contributed by atoms with Gasteiger partial charge in [0.2, 0.25) is 11.9 Å². The molecule has 3 aliphatic heterocycles. The number of anilines is 4. The fourth-order valence-corrected chi connectivity index (χ4v) is 4.60. The van der Waals surface area contributed by atoms with Crippen LogP contribution >= 0.6 is 0 Å². The molecule has 3 N–H and O–H groups in total. The van der Waals surface area contributed by atoms with Gasteiger partial charge in [0.25, 0.3) is 0 Å². The van der Waals surface area contributed by atoms with Crippen molar-refractivity contribution in [2.45, 2.75) is 6.61 Å². The van der Waals surface area contributed by atoms with Gasteiger partial charge < -0.3 is 35.2 Å². The van der Waals surface area contributed by atoms with Gasteiger partial charge in [0, 0.05) is 61.8 Å². The smallest absolute Gasteiger partial charge is 0.338 e. The number of rotatable bonds is 5. The molecule has 6 rings (SSSR count). The van der Waals surface area contributed by atoms with E-state index < -0.39 is 6.03 Å². The molecule has 0 aliphatic carbocycles. The molecule has 196 valence electrons. The molecule has 2 saturated heterocycles. The number of ether oxygens (including phenoxy) is 2. The van der Waals surface area contributed by atoms with E-state index in [0.29, 0.717) is 47.9 Å². The maximum Gasteiger partial charge on any atom is 0.338 e. The summed E-state index contributed by atoms with van der Waals surface area (Å²) in [6.45, 7) is 6.39. The molecule has 3 aliphatic rings. The number of esters is 1. The Kier molecular flexibility index (Phi) is 6.71. The third kappa shape index (κ3) is 5.22. The Labute approximate surface area is 219 Å². The summed E-state index contributed by atoms with van der Waals surface area (Å²) in [4.78, 5) is 42.8. The van der Waals surface area contributed by atoms with Crippen LogP contribution in [0.2, 0.25) is 0 Å². The summed E-state index contributed by atoms with van der Waals surface area (Å²) in [5.74, 6) is 1.56. The molecular formula is C26H28N8O4. The average Bonchev–Trinajstić information content (AvgIpc) is 3.33. The highest BCUT2D eigenvalue weighted by atomic mass is 16.5. The summed E-state index contributed by atoms with van der Waals surface area (Å²) in [6.07, 6.45) is 0. The molecule has 2 amide bonds. The average molecular weight is 517 g/mol. The summed E-state index contributed by atoms with van der Waals surface area (Å²) in [5.41, 5.74) is 3.31. The second-order valence-electron chi connectivity index (χ2n) is 9.20. The molecular weight excluding hydrogens is 488 g/mol. The van der Waals surface area contributed by atoms with E-state index in [9.17, 15) is 9.59 Å². The maximum absolute atomic E-state index is 12.6. The summed E-state index contributed by atoms with van der Waals surface area (Å²) in [5, 5.41) is 8.99. The van der Waals surface area contributed by atoms with Crippen molar-refractivity contribution in [3.8, 4) is 11.4 Å². The van der Waals surface area contributed by atoms with Crippen LogP contribution in [0.3, 0.4) is 0 Å². The number of benzene rings is 2. The summed E-state index contributed by atoms with van der Waals surface area (Å²) >= 11 is 0. The van der Waals surface area contributed by atoms with Crippen molar-refractivity contribution < 1.29 is 19.1 Å². The molecule has 2 fully saturated rings. The number of carbonyl (C=O) groups excluding carboxylic acids is 2. The number of nitrogens with one attached hydrogen (secondary N) is 3. The quantitative estimate of drug-likeness (QED) is 0.433. The first-order valence-corrected chi connectivity index (χ1v) is 12.7. The van der Waals surface area contributed by atoms with E-state index in [-0.39, 0.29) is 12.6 Å². The minimum absolute atomic E-state index is 0.216. The van der Waals surface area contributed by atoms with Gasteiger partial charge in [-0.2, -0.15) is 15.0 Å². The summed E-state index contributed by atoms with van der Waals surface area (Å²) in [7, 11) is 0. The second-order valence-corrected chi connectivity index (χ2v) is 9.20. The van der Waals surface area contributed by atoms with Gasteiger partial charge in [-0.05, 0) is 42.5 Å². The van der Waals surface area contributed by atoms with Crippen molar-refractivity contribution in [2.24, 2.45) is 0 Å². The number of carbonyl (C=O) groups is 2. The monoisotopic (exact) mass is 516 g/mol. The van der Waals surface area contributed by atoms with E-state index in [1.165, 1.54) is 0 Å². The first kappa shape index (κ1) is 24.1. The van der Waals surface area contributed by atoms with Gasteiger partial charge in [-0.25, -0.2) is 9.59 Å². The van der Waals surface area contributed by atoms with Crippen molar-refractivity contribution in [1.82, 2.24) is 20.3 Å². The van der Waals surface area contributed by atoms with Crippen molar-refractivity contribution >= 4 is 35.3 Å². The van der Waals surface area contributed by atoms with Crippen molar-refractivity contribution in [3.05, 3.63) is 53.6 Å². The number of aromatic nitrogens is 3. The van der Waals surface area contributed by atoms with Gasteiger partial charge in [-0.3, -0.25) is 0 Å². The standard InChI is InChI=1S/C26H28N8O4/c35-23-21-6-5-20(15-18(21)16-38-23)29-26(36)28-19-3-1-17(2-4-19)22-30-24(33-9-7-27-8-10-33)32-25(31-22)34-11-13-37-14-12-34/h1-6,15,27H,7-14,16H2,(H2,28,29,36). The molecule has 0 spiro atoms. The van der Waals surface area contributed by atoms with Gasteiger partial charge in [-0.1, -0.05) is 0 Å². The first-order chi connectivity index (χ1) is 18.6. The summed E-state index contributed by atoms with van der Waals surface area (Å²) in [6, 6.07) is 12.1. The number of hydrogen-bond acceptors (Lipinski definition) is 10. The SMILES string of the molecule is O=C(Nc1ccc(-c2nc(N3CCNCC3)nc(N3CCOCC3)n2)cc1)Nc1ccc2c(c1)COC2=O. The predicted molar refractivity (Wildman–Crippen MR) is 142 cm³/mol. The van der Waals surface area contributed by atoms with Crippen molar-refractivity contribution in [2.75, 3.05) is 72.9 Å². The number of urea groups is 1. The third-order valence-corrected chi connectivity index (χ3v) is 6.65. The van der Waals surface area contributed by atoms with E-state index in [1.54, 1.807) is 18.2 Å². The second kappa shape index (κ2) is 10.6. The zero-order chi connectivity index (χ0) is 25.9. The van der Waals surface area contributed by atoms with Crippen LogP contribution in [0.25, 0.3) is 11.4 Å². The van der Waals surface area contributed by atoms with Crippen LogP contribution in [0, 0.1) is 0 Å². The fraction of sp³-hybridized carbons (Fsp3) is 0.346. The molecule has 0 bridgehead atoms. The molecule has 2 aromatic carbocycles. The molecule has 0 radical (unpaired) electrons. The number of piperazine rings is 1. The van der Waals surface area contributed by atoms with Gasteiger partial charge >= 0.3 is 12.0 Å². The third-order valence-electron chi connectivity index (χ3n) is 6.65. The van der Waals surface area contributed by atoms with Gasteiger partial charge in [0.05, 0.1) is 18.8 Å². The van der Waals surface area contributed by atoms with E-state index in [4.69, 9.17) is 24.4 Å². The Morgan fingerprint density at radius 1 is 0.842 bits per heavy atom. The molecule has 4 heterocycles. The van der Waals surface area contributed by atoms with Crippen LogP contribution in [0.4, 0.5) is 28.1 Å². The van der Waals surface area contributed by atoms with Crippen LogP contribution < -0.4 is 25.8 Å². The molecule has 3 aromatic rings. The highest BCUT2D eigenvalue weighted by molar-refractivity contribution is 6.01. The first-order valence-electron chi connectivity index (χ1n) is 12.7. The van der Waals surface area contributed by atoms with E-state index >= 15 is 0 Å². The summed E-state index contributed by atoms with van der Waals surface area (Å²) < 4.78 is 10.5. The Morgan fingerprint density at radius 3 is 2.24 bits per heavy atom. The lowest BCUT2D eigenvalue weighted by molar-refractivity contribution is 0.0535. The molecule has 0 atom stereocenters. The van der Waals surface area contributed by atoms with Gasteiger partial charge in [-0.15, -0.1) is 0 Å². The number of cyclic esters (lactones) is 1. The van der Waals surface area contributed by atoms with Gasteiger partial charge in [0.1, 0.15) is 6.61 Å². The normalized spacial score (nSPS) is 17.1. The highest BCUT2D eigenvalue weighted by Gasteiger charge is 2.22. The zero-order valence-corrected chi connectivity index (χ0v) is 20.8. The lowest BCUT2D eigenvalue weighted by atomic mass is 10.1.